The smallest absolute Gasteiger partial charge is 0.294 e. The molecule has 5 heteroatoms. The molecular weight excluding hydrogens is 286 g/mol. The summed E-state index contributed by atoms with van der Waals surface area (Å²) in [6, 6.07) is 6.67. The van der Waals surface area contributed by atoms with Gasteiger partial charge in [0.1, 0.15) is 0 Å². The van der Waals surface area contributed by atoms with Gasteiger partial charge in [-0.15, -0.1) is 0 Å². The van der Waals surface area contributed by atoms with Gasteiger partial charge >= 0.3 is 0 Å². The topological polar surface area (TPSA) is 80.4 Å². The van der Waals surface area contributed by atoms with E-state index in [-0.39, 0.29) is 4.90 Å². The molecule has 0 aromatic heterocycles. The minimum Gasteiger partial charge on any atom is -0.330 e. The van der Waals surface area contributed by atoms with Crippen molar-refractivity contribution in [1.29, 1.82) is 0 Å². The Morgan fingerprint density at radius 3 is 1.95 bits per heavy atom. The highest BCUT2D eigenvalue weighted by Gasteiger charge is 2.13. The fourth-order valence-electron chi connectivity index (χ4n) is 2.48. The van der Waals surface area contributed by atoms with Crippen molar-refractivity contribution in [3.05, 3.63) is 29.8 Å². The molecule has 0 heterocycles. The Bertz CT molecular complexity index is 500. The summed E-state index contributed by atoms with van der Waals surface area (Å²) >= 11 is 0. The average molecular weight is 313 g/mol. The van der Waals surface area contributed by atoms with E-state index in [0.717, 1.165) is 25.8 Å². The molecule has 0 aliphatic rings. The lowest BCUT2D eigenvalue weighted by atomic mass is 10.0. The van der Waals surface area contributed by atoms with Gasteiger partial charge in [-0.05, 0) is 37.4 Å². The quantitative estimate of drug-likeness (QED) is 0.483. The summed E-state index contributed by atoms with van der Waals surface area (Å²) in [4.78, 5) is 0.0479. The molecule has 0 fully saturated rings. The van der Waals surface area contributed by atoms with Crippen LogP contribution in [0.2, 0.25) is 0 Å². The average Bonchev–Trinajstić information content (AvgIpc) is 2.45. The summed E-state index contributed by atoms with van der Waals surface area (Å²) in [7, 11) is -4.10. The minimum atomic E-state index is -4.10. The summed E-state index contributed by atoms with van der Waals surface area (Å²) in [6.07, 6.45) is 9.99. The molecule has 0 aliphatic heterocycles. The molecule has 0 atom stereocenters. The van der Waals surface area contributed by atoms with E-state index >= 15 is 0 Å². The molecule has 0 saturated heterocycles. The van der Waals surface area contributed by atoms with E-state index in [4.69, 9.17) is 5.73 Å². The molecule has 21 heavy (non-hydrogen) atoms. The van der Waals surface area contributed by atoms with Gasteiger partial charge in [0, 0.05) is 0 Å². The van der Waals surface area contributed by atoms with Gasteiger partial charge in [0.15, 0.2) is 0 Å². The first kappa shape index (κ1) is 18.1. The maximum Gasteiger partial charge on any atom is 0.294 e. The van der Waals surface area contributed by atoms with E-state index in [2.05, 4.69) is 0 Å². The van der Waals surface area contributed by atoms with Crippen molar-refractivity contribution in [2.75, 3.05) is 6.54 Å². The van der Waals surface area contributed by atoms with Crippen LogP contribution in [-0.4, -0.2) is 19.5 Å². The zero-order valence-electron chi connectivity index (χ0n) is 12.6. The molecule has 0 amide bonds. The normalized spacial score (nSPS) is 11.7. The molecule has 3 N–H and O–H groups in total. The molecule has 4 nitrogen and oxygen atoms in total. The lowest BCUT2D eigenvalue weighted by molar-refractivity contribution is 0.481. The third-order valence-corrected chi connectivity index (χ3v) is 4.60. The van der Waals surface area contributed by atoms with Gasteiger partial charge in [-0.25, -0.2) is 0 Å². The van der Waals surface area contributed by atoms with Gasteiger partial charge in [-0.1, -0.05) is 56.7 Å². The van der Waals surface area contributed by atoms with Crippen LogP contribution in [0.1, 0.15) is 56.9 Å². The maximum atomic E-state index is 11.3. The number of hydrogen-bond acceptors (Lipinski definition) is 3. The van der Waals surface area contributed by atoms with Crippen molar-refractivity contribution in [3.63, 3.8) is 0 Å². The molecule has 0 aliphatic carbocycles. The van der Waals surface area contributed by atoms with Crippen molar-refractivity contribution < 1.29 is 13.0 Å². The second-order valence-electron chi connectivity index (χ2n) is 5.45. The summed E-state index contributed by atoms with van der Waals surface area (Å²) in [5, 5.41) is 0. The van der Waals surface area contributed by atoms with Gasteiger partial charge < -0.3 is 5.73 Å². The molecule has 0 unspecified atom stereocenters. The minimum absolute atomic E-state index is 0.0479. The number of nitrogens with two attached hydrogens (primary N) is 1. The molecule has 1 rings (SSSR count). The maximum absolute atomic E-state index is 11.3. The zero-order valence-corrected chi connectivity index (χ0v) is 13.4. The van der Waals surface area contributed by atoms with E-state index < -0.39 is 10.1 Å². The first-order valence-corrected chi connectivity index (χ1v) is 9.25. The van der Waals surface area contributed by atoms with Crippen LogP contribution in [0.3, 0.4) is 0 Å². The van der Waals surface area contributed by atoms with Crippen molar-refractivity contribution in [3.8, 4) is 0 Å². The predicted molar refractivity (Wildman–Crippen MR) is 86.0 cm³/mol. The molecule has 0 bridgehead atoms. The van der Waals surface area contributed by atoms with Crippen LogP contribution in [0, 0.1) is 0 Å². The van der Waals surface area contributed by atoms with Crippen molar-refractivity contribution in [2.45, 2.75) is 62.7 Å². The van der Waals surface area contributed by atoms with Crippen molar-refractivity contribution in [1.82, 2.24) is 0 Å². The fraction of sp³-hybridized carbons (Fsp3) is 0.625. The number of rotatable bonds is 11. The highest BCUT2D eigenvalue weighted by molar-refractivity contribution is 7.85. The SMILES string of the molecule is NCCCCCCCCCCc1ccccc1S(=O)(=O)O. The summed E-state index contributed by atoms with van der Waals surface area (Å²) < 4.78 is 31.7. The lowest BCUT2D eigenvalue weighted by Crippen LogP contribution is -2.03. The van der Waals surface area contributed by atoms with Gasteiger partial charge in [-0.2, -0.15) is 8.42 Å². The van der Waals surface area contributed by atoms with Gasteiger partial charge in [0.05, 0.1) is 4.90 Å². The van der Waals surface area contributed by atoms with Crippen LogP contribution >= 0.6 is 0 Å². The standard InChI is InChI=1S/C16H27NO3S/c17-14-10-6-4-2-1-3-5-7-11-15-12-8-9-13-16(15)21(18,19)20/h8-9,12-13H,1-7,10-11,14,17H2,(H,18,19,20). The Hall–Kier alpha value is -0.910. The number of hydrogen-bond donors (Lipinski definition) is 2. The van der Waals surface area contributed by atoms with Gasteiger partial charge in [0.25, 0.3) is 10.1 Å². The number of unbranched alkanes of at least 4 members (excludes halogenated alkanes) is 7. The van der Waals surface area contributed by atoms with Crippen LogP contribution in [0.4, 0.5) is 0 Å². The van der Waals surface area contributed by atoms with Crippen molar-refractivity contribution in [2.24, 2.45) is 5.73 Å². The fourth-order valence-corrected chi connectivity index (χ4v) is 3.23. The molecular formula is C16H27NO3S. The highest BCUT2D eigenvalue weighted by Crippen LogP contribution is 2.18. The first-order valence-electron chi connectivity index (χ1n) is 7.81. The van der Waals surface area contributed by atoms with Crippen molar-refractivity contribution >= 4 is 10.1 Å². The Labute approximate surface area is 128 Å². The van der Waals surface area contributed by atoms with Crippen LogP contribution < -0.4 is 5.73 Å². The van der Waals surface area contributed by atoms with E-state index in [0.29, 0.717) is 12.0 Å². The second-order valence-corrected chi connectivity index (χ2v) is 6.84. The molecule has 0 saturated carbocycles. The summed E-state index contributed by atoms with van der Waals surface area (Å²) in [5.74, 6) is 0. The number of benzene rings is 1. The predicted octanol–water partition coefficient (Wildman–Crippen LogP) is 3.56. The number of aryl methyl sites for hydroxylation is 1. The lowest BCUT2D eigenvalue weighted by Gasteiger charge is -2.07. The molecule has 0 radical (unpaired) electrons. The van der Waals surface area contributed by atoms with E-state index in [1.54, 1.807) is 12.1 Å². The van der Waals surface area contributed by atoms with Crippen LogP contribution in [0.25, 0.3) is 0 Å². The van der Waals surface area contributed by atoms with E-state index in [1.165, 1.54) is 38.2 Å². The monoisotopic (exact) mass is 313 g/mol. The van der Waals surface area contributed by atoms with E-state index in [1.807, 2.05) is 6.07 Å². The van der Waals surface area contributed by atoms with Gasteiger partial charge in [-0.3, -0.25) is 4.55 Å². The zero-order chi connectivity index (χ0) is 15.6. The van der Waals surface area contributed by atoms with Crippen LogP contribution in [0.15, 0.2) is 29.2 Å². The largest absolute Gasteiger partial charge is 0.330 e. The Morgan fingerprint density at radius 1 is 0.857 bits per heavy atom. The third-order valence-electron chi connectivity index (χ3n) is 3.65. The molecule has 120 valence electrons. The molecule has 1 aromatic rings. The Balaban J connectivity index is 2.22. The Morgan fingerprint density at radius 2 is 1.38 bits per heavy atom. The molecule has 0 spiro atoms. The molecule has 1 aromatic carbocycles. The Kier molecular flexibility index (Phi) is 8.57. The highest BCUT2D eigenvalue weighted by atomic mass is 32.2. The first-order chi connectivity index (χ1) is 10.1. The van der Waals surface area contributed by atoms with Crippen LogP contribution in [-0.2, 0) is 16.5 Å². The van der Waals surface area contributed by atoms with Gasteiger partial charge in [0.2, 0.25) is 0 Å². The summed E-state index contributed by atoms with van der Waals surface area (Å²) in [6.45, 7) is 0.785. The van der Waals surface area contributed by atoms with Crippen LogP contribution in [0.5, 0.6) is 0 Å². The second kappa shape index (κ2) is 9.92. The van der Waals surface area contributed by atoms with E-state index in [9.17, 15) is 13.0 Å². The third kappa shape index (κ3) is 7.60. The summed E-state index contributed by atoms with van der Waals surface area (Å²) in [5.41, 5.74) is 6.16.